The normalized spacial score (nSPS) is 24.8. The second kappa shape index (κ2) is 4.89. The van der Waals surface area contributed by atoms with E-state index < -0.39 is 17.6 Å². The summed E-state index contributed by atoms with van der Waals surface area (Å²) in [6, 6.07) is 2.61. The fraction of sp³-hybridized carbons (Fsp3) is 0.400. The highest BCUT2D eigenvalue weighted by Crippen LogP contribution is 2.42. The third-order valence-electron chi connectivity index (χ3n) is 4.15. The molecule has 3 nitrogen and oxygen atoms in total. The number of hydrogen-bond donors (Lipinski definition) is 1. The molecule has 0 spiro atoms. The molecule has 1 aliphatic carbocycles. The zero-order valence-electron chi connectivity index (χ0n) is 10.9. The van der Waals surface area contributed by atoms with Gasteiger partial charge in [0.2, 0.25) is 0 Å². The molecule has 2 aliphatic rings. The zero-order valence-corrected chi connectivity index (χ0v) is 10.9. The number of benzene rings is 1. The van der Waals surface area contributed by atoms with Gasteiger partial charge in [-0.15, -0.1) is 0 Å². The molecule has 0 amide bonds. The Labute approximate surface area is 115 Å². The van der Waals surface area contributed by atoms with Gasteiger partial charge in [0, 0.05) is 18.7 Å². The average molecular weight is 279 g/mol. The van der Waals surface area contributed by atoms with Gasteiger partial charge in [0.1, 0.15) is 17.3 Å². The highest BCUT2D eigenvalue weighted by Gasteiger charge is 2.39. The molecule has 2 bridgehead atoms. The van der Waals surface area contributed by atoms with Crippen molar-refractivity contribution < 1.29 is 18.7 Å². The Balaban J connectivity index is 1.91. The molecule has 0 aromatic heterocycles. The smallest absolute Gasteiger partial charge is 0.328 e. The fourth-order valence-corrected chi connectivity index (χ4v) is 3.32. The second-order valence-corrected chi connectivity index (χ2v) is 5.49. The van der Waals surface area contributed by atoms with Crippen LogP contribution >= 0.6 is 0 Å². The standard InChI is InChI=1S/C15H15F2NO2/c16-12-6-9(2-4-14(19)20)7-13(17)15(12)18-8-10-1-3-11(18)5-10/h2,4,6-7,10-11H,1,3,5,8H2,(H,19,20). The average Bonchev–Trinajstić information content (AvgIpc) is 2.98. The summed E-state index contributed by atoms with van der Waals surface area (Å²) >= 11 is 0. The van der Waals surface area contributed by atoms with Gasteiger partial charge in [-0.1, -0.05) is 0 Å². The maximum atomic E-state index is 14.1. The number of nitrogens with zero attached hydrogens (tertiary/aromatic N) is 1. The van der Waals surface area contributed by atoms with Crippen LogP contribution in [0.15, 0.2) is 18.2 Å². The molecule has 1 aromatic rings. The molecule has 1 heterocycles. The lowest BCUT2D eigenvalue weighted by atomic mass is 10.1. The largest absolute Gasteiger partial charge is 0.478 e. The Morgan fingerprint density at radius 3 is 2.50 bits per heavy atom. The first-order chi connectivity index (χ1) is 9.54. The number of rotatable bonds is 3. The number of aliphatic carboxylic acids is 1. The number of anilines is 1. The molecule has 3 rings (SSSR count). The third-order valence-corrected chi connectivity index (χ3v) is 4.15. The number of halogens is 2. The lowest BCUT2D eigenvalue weighted by Gasteiger charge is -2.29. The first kappa shape index (κ1) is 13.1. The molecule has 1 aliphatic heterocycles. The number of carboxylic acids is 1. The second-order valence-electron chi connectivity index (χ2n) is 5.49. The van der Waals surface area contributed by atoms with E-state index in [0.29, 0.717) is 12.5 Å². The van der Waals surface area contributed by atoms with Gasteiger partial charge in [-0.25, -0.2) is 13.6 Å². The van der Waals surface area contributed by atoms with E-state index in [0.717, 1.165) is 25.3 Å². The first-order valence-corrected chi connectivity index (χ1v) is 6.71. The molecular formula is C15H15F2NO2. The summed E-state index contributed by atoms with van der Waals surface area (Å²) in [6.07, 6.45) is 5.20. The lowest BCUT2D eigenvalue weighted by Crippen LogP contribution is -2.33. The minimum atomic E-state index is -1.15. The SMILES string of the molecule is O=C(O)C=Cc1cc(F)c(N2CC3CCC2C3)c(F)c1. The zero-order chi connectivity index (χ0) is 14.3. The minimum Gasteiger partial charge on any atom is -0.478 e. The van der Waals surface area contributed by atoms with Crippen LogP contribution in [-0.4, -0.2) is 23.7 Å². The molecule has 20 heavy (non-hydrogen) atoms. The van der Waals surface area contributed by atoms with Gasteiger partial charge in [0.05, 0.1) is 0 Å². The van der Waals surface area contributed by atoms with Crippen LogP contribution in [0.5, 0.6) is 0 Å². The van der Waals surface area contributed by atoms with Crippen LogP contribution in [0.4, 0.5) is 14.5 Å². The van der Waals surface area contributed by atoms with Gasteiger partial charge in [-0.2, -0.15) is 0 Å². The predicted octanol–water partition coefficient (Wildman–Crippen LogP) is 3.05. The van der Waals surface area contributed by atoms with E-state index >= 15 is 0 Å². The molecule has 2 unspecified atom stereocenters. The van der Waals surface area contributed by atoms with Crippen molar-refractivity contribution in [1.29, 1.82) is 0 Å². The lowest BCUT2D eigenvalue weighted by molar-refractivity contribution is -0.131. The third kappa shape index (κ3) is 2.28. The summed E-state index contributed by atoms with van der Waals surface area (Å²) in [7, 11) is 0. The molecule has 5 heteroatoms. The van der Waals surface area contributed by atoms with Gasteiger partial charge in [0.15, 0.2) is 0 Å². The molecule has 2 atom stereocenters. The monoisotopic (exact) mass is 279 g/mol. The molecular weight excluding hydrogens is 264 g/mol. The highest BCUT2D eigenvalue weighted by molar-refractivity contribution is 5.85. The summed E-state index contributed by atoms with van der Waals surface area (Å²) in [5, 5.41) is 8.53. The number of carbonyl (C=O) groups is 1. The molecule has 0 radical (unpaired) electrons. The molecule has 106 valence electrons. The van der Waals surface area contributed by atoms with E-state index in [-0.39, 0.29) is 17.3 Å². The van der Waals surface area contributed by atoms with Gasteiger partial charge in [-0.3, -0.25) is 0 Å². The quantitative estimate of drug-likeness (QED) is 0.864. The minimum absolute atomic E-state index is 0.0321. The van der Waals surface area contributed by atoms with Crippen molar-refractivity contribution in [3.63, 3.8) is 0 Å². The summed E-state index contributed by atoms with van der Waals surface area (Å²) < 4.78 is 28.3. The molecule has 1 N–H and O–H groups in total. The maximum absolute atomic E-state index is 14.1. The van der Waals surface area contributed by atoms with Crippen molar-refractivity contribution in [1.82, 2.24) is 0 Å². The van der Waals surface area contributed by atoms with Crippen molar-refractivity contribution in [3.8, 4) is 0 Å². The van der Waals surface area contributed by atoms with Crippen molar-refractivity contribution in [2.75, 3.05) is 11.4 Å². The molecule has 1 saturated heterocycles. The van der Waals surface area contributed by atoms with Crippen molar-refractivity contribution in [2.45, 2.75) is 25.3 Å². The molecule has 1 aromatic carbocycles. The number of hydrogen-bond acceptors (Lipinski definition) is 2. The fourth-order valence-electron chi connectivity index (χ4n) is 3.32. The number of carboxylic acid groups (broad SMARTS) is 1. The van der Waals surface area contributed by atoms with Crippen molar-refractivity contribution in [3.05, 3.63) is 35.4 Å². The Kier molecular flexibility index (Phi) is 3.20. The van der Waals surface area contributed by atoms with Crippen molar-refractivity contribution in [2.24, 2.45) is 5.92 Å². The summed E-state index contributed by atoms with van der Waals surface area (Å²) in [5.74, 6) is -1.85. The predicted molar refractivity (Wildman–Crippen MR) is 71.5 cm³/mol. The Hall–Kier alpha value is -1.91. The maximum Gasteiger partial charge on any atom is 0.328 e. The van der Waals surface area contributed by atoms with E-state index in [2.05, 4.69) is 0 Å². The van der Waals surface area contributed by atoms with Crippen LogP contribution in [0.2, 0.25) is 0 Å². The summed E-state index contributed by atoms with van der Waals surface area (Å²) in [5.41, 5.74) is 0.250. The van der Waals surface area contributed by atoms with Gasteiger partial charge < -0.3 is 10.0 Å². The van der Waals surface area contributed by atoms with E-state index in [1.807, 2.05) is 4.90 Å². The van der Waals surface area contributed by atoms with Gasteiger partial charge >= 0.3 is 5.97 Å². The molecule has 2 fully saturated rings. The van der Waals surface area contributed by atoms with Crippen LogP contribution in [0, 0.1) is 17.6 Å². The topological polar surface area (TPSA) is 40.5 Å². The van der Waals surface area contributed by atoms with Crippen molar-refractivity contribution >= 4 is 17.7 Å². The van der Waals surface area contributed by atoms with Crippen LogP contribution in [0.25, 0.3) is 6.08 Å². The van der Waals surface area contributed by atoms with Crippen LogP contribution in [-0.2, 0) is 4.79 Å². The number of piperidine rings is 1. The summed E-state index contributed by atoms with van der Waals surface area (Å²) in [6.45, 7) is 0.711. The van der Waals surface area contributed by atoms with Gasteiger partial charge in [0.25, 0.3) is 0 Å². The van der Waals surface area contributed by atoms with Gasteiger partial charge in [-0.05, 0) is 49.0 Å². The Morgan fingerprint density at radius 1 is 1.30 bits per heavy atom. The van der Waals surface area contributed by atoms with E-state index in [4.69, 9.17) is 5.11 Å². The Morgan fingerprint density at radius 2 is 2.00 bits per heavy atom. The van der Waals surface area contributed by atoms with E-state index in [9.17, 15) is 13.6 Å². The van der Waals surface area contributed by atoms with Crippen LogP contribution in [0.3, 0.4) is 0 Å². The first-order valence-electron chi connectivity index (χ1n) is 6.71. The Bertz CT molecular complexity index is 562. The van der Waals surface area contributed by atoms with Crippen LogP contribution < -0.4 is 4.90 Å². The molecule has 1 saturated carbocycles. The number of fused-ring (bicyclic) bond motifs is 2. The van der Waals surface area contributed by atoms with E-state index in [1.165, 1.54) is 18.2 Å². The summed E-state index contributed by atoms with van der Waals surface area (Å²) in [4.78, 5) is 12.2. The highest BCUT2D eigenvalue weighted by atomic mass is 19.1. The van der Waals surface area contributed by atoms with Crippen LogP contribution in [0.1, 0.15) is 24.8 Å². The van der Waals surface area contributed by atoms with E-state index in [1.54, 1.807) is 0 Å².